The first kappa shape index (κ1) is 17.3. The minimum Gasteiger partial charge on any atom is -0.507 e. The average Bonchev–Trinajstić information content (AvgIpc) is 2.52. The Balaban J connectivity index is 1.85. The molecular formula is C18H23N3O4. The standard InChI is InChI=1S/C18H23N3O4/c1-18(2,3)17-19-12-4-5-21(9-11(12)16(25)20-17)8-10-6-14(23)15(24)7-13(10)22/h6-7,22-24H,4-5,8-9H2,1-3H3,(H,19,20,25). The van der Waals surface area contributed by atoms with Crippen LogP contribution in [0.2, 0.25) is 0 Å². The van der Waals surface area contributed by atoms with E-state index in [2.05, 4.69) is 9.97 Å². The number of hydrogen-bond acceptors (Lipinski definition) is 6. The molecule has 134 valence electrons. The summed E-state index contributed by atoms with van der Waals surface area (Å²) in [7, 11) is 0. The summed E-state index contributed by atoms with van der Waals surface area (Å²) in [5.74, 6) is -0.0397. The van der Waals surface area contributed by atoms with Crippen LogP contribution in [-0.2, 0) is 24.9 Å². The van der Waals surface area contributed by atoms with E-state index in [1.54, 1.807) is 0 Å². The summed E-state index contributed by atoms with van der Waals surface area (Å²) in [6.07, 6.45) is 0.646. The first-order chi connectivity index (χ1) is 11.6. The molecule has 0 unspecified atom stereocenters. The van der Waals surface area contributed by atoms with Crippen LogP contribution < -0.4 is 5.56 Å². The van der Waals surface area contributed by atoms with E-state index in [0.717, 1.165) is 11.8 Å². The van der Waals surface area contributed by atoms with Crippen LogP contribution >= 0.6 is 0 Å². The van der Waals surface area contributed by atoms with Gasteiger partial charge in [0.15, 0.2) is 11.5 Å². The number of nitrogens with one attached hydrogen (secondary N) is 1. The van der Waals surface area contributed by atoms with Gasteiger partial charge in [0.05, 0.1) is 11.3 Å². The van der Waals surface area contributed by atoms with Crippen molar-refractivity contribution >= 4 is 0 Å². The lowest BCUT2D eigenvalue weighted by Crippen LogP contribution is -2.37. The highest BCUT2D eigenvalue weighted by molar-refractivity contribution is 5.48. The van der Waals surface area contributed by atoms with Crippen molar-refractivity contribution in [3.05, 3.63) is 45.1 Å². The highest BCUT2D eigenvalue weighted by atomic mass is 16.3. The molecule has 0 amide bonds. The molecule has 1 aliphatic heterocycles. The number of aromatic hydroxyl groups is 3. The van der Waals surface area contributed by atoms with Crippen molar-refractivity contribution < 1.29 is 15.3 Å². The second-order valence-electron chi connectivity index (χ2n) is 7.52. The highest BCUT2D eigenvalue weighted by Gasteiger charge is 2.25. The molecule has 4 N–H and O–H groups in total. The van der Waals surface area contributed by atoms with Gasteiger partial charge in [-0.1, -0.05) is 20.8 Å². The van der Waals surface area contributed by atoms with Crippen molar-refractivity contribution in [2.75, 3.05) is 6.54 Å². The molecule has 0 bridgehead atoms. The molecule has 25 heavy (non-hydrogen) atoms. The van der Waals surface area contributed by atoms with Crippen LogP contribution in [-0.4, -0.2) is 36.7 Å². The monoisotopic (exact) mass is 345 g/mol. The van der Waals surface area contributed by atoms with Gasteiger partial charge in [0.1, 0.15) is 11.6 Å². The quantitative estimate of drug-likeness (QED) is 0.488. The minimum atomic E-state index is -0.361. The lowest BCUT2D eigenvalue weighted by molar-refractivity contribution is 0.237. The van der Waals surface area contributed by atoms with Gasteiger partial charge in [-0.3, -0.25) is 9.69 Å². The van der Waals surface area contributed by atoms with Crippen molar-refractivity contribution in [2.45, 2.75) is 45.7 Å². The van der Waals surface area contributed by atoms with Gasteiger partial charge in [-0.05, 0) is 6.07 Å². The molecule has 1 aromatic heterocycles. The van der Waals surface area contributed by atoms with E-state index in [-0.39, 0.29) is 28.2 Å². The van der Waals surface area contributed by atoms with Crippen LogP contribution in [0.1, 0.15) is 43.4 Å². The Bertz CT molecular complexity index is 868. The van der Waals surface area contributed by atoms with Crippen LogP contribution in [0, 0.1) is 0 Å². The summed E-state index contributed by atoms with van der Waals surface area (Å²) in [6.45, 7) is 7.49. The van der Waals surface area contributed by atoms with E-state index in [0.29, 0.717) is 43.0 Å². The average molecular weight is 345 g/mol. The summed E-state index contributed by atoms with van der Waals surface area (Å²) < 4.78 is 0. The molecule has 0 aliphatic carbocycles. The largest absolute Gasteiger partial charge is 0.507 e. The molecule has 0 saturated carbocycles. The van der Waals surface area contributed by atoms with Gasteiger partial charge in [0, 0.05) is 43.1 Å². The number of H-pyrrole nitrogens is 1. The molecule has 0 spiro atoms. The molecule has 3 rings (SSSR count). The Morgan fingerprint density at radius 1 is 1.16 bits per heavy atom. The first-order valence-corrected chi connectivity index (χ1v) is 8.24. The molecule has 2 heterocycles. The zero-order chi connectivity index (χ0) is 18.4. The topological polar surface area (TPSA) is 110 Å². The normalized spacial score (nSPS) is 15.2. The SMILES string of the molecule is CC(C)(C)c1nc2c(c(=O)[nH]1)CN(Cc1cc(O)c(O)cc1O)CC2. The Kier molecular flexibility index (Phi) is 4.20. The summed E-state index contributed by atoms with van der Waals surface area (Å²) in [6, 6.07) is 2.46. The van der Waals surface area contributed by atoms with Gasteiger partial charge >= 0.3 is 0 Å². The number of fused-ring (bicyclic) bond motifs is 1. The maximum atomic E-state index is 12.5. The maximum absolute atomic E-state index is 12.5. The highest BCUT2D eigenvalue weighted by Crippen LogP contribution is 2.33. The summed E-state index contributed by atoms with van der Waals surface area (Å²) in [5.41, 5.74) is 1.61. The number of hydrogen-bond donors (Lipinski definition) is 4. The summed E-state index contributed by atoms with van der Waals surface area (Å²) >= 11 is 0. The zero-order valence-electron chi connectivity index (χ0n) is 14.6. The third-order valence-electron chi connectivity index (χ3n) is 4.43. The number of rotatable bonds is 2. The third-order valence-corrected chi connectivity index (χ3v) is 4.43. The predicted molar refractivity (Wildman–Crippen MR) is 92.8 cm³/mol. The fourth-order valence-corrected chi connectivity index (χ4v) is 2.95. The van der Waals surface area contributed by atoms with Crippen molar-refractivity contribution in [1.29, 1.82) is 0 Å². The number of phenolic OH excluding ortho intramolecular Hbond substituents is 3. The number of phenols is 3. The Morgan fingerprint density at radius 2 is 1.84 bits per heavy atom. The molecule has 0 radical (unpaired) electrons. The van der Waals surface area contributed by atoms with Gasteiger partial charge in [-0.2, -0.15) is 0 Å². The Morgan fingerprint density at radius 3 is 2.52 bits per heavy atom. The fraction of sp³-hybridized carbons (Fsp3) is 0.444. The molecule has 7 nitrogen and oxygen atoms in total. The molecule has 1 aliphatic rings. The van der Waals surface area contributed by atoms with E-state index in [1.807, 2.05) is 25.7 Å². The number of benzene rings is 1. The lowest BCUT2D eigenvalue weighted by Gasteiger charge is -2.29. The molecular weight excluding hydrogens is 322 g/mol. The van der Waals surface area contributed by atoms with Crippen LogP contribution in [0.4, 0.5) is 0 Å². The van der Waals surface area contributed by atoms with E-state index < -0.39 is 0 Å². The smallest absolute Gasteiger partial charge is 0.255 e. The second kappa shape index (κ2) is 6.07. The second-order valence-corrected chi connectivity index (χ2v) is 7.52. The number of nitrogens with zero attached hydrogens (tertiary/aromatic N) is 2. The van der Waals surface area contributed by atoms with Crippen molar-refractivity contribution in [2.24, 2.45) is 0 Å². The van der Waals surface area contributed by atoms with E-state index >= 15 is 0 Å². The Hall–Kier alpha value is -2.54. The van der Waals surface area contributed by atoms with Gasteiger partial charge in [-0.15, -0.1) is 0 Å². The van der Waals surface area contributed by atoms with Crippen LogP contribution in [0.3, 0.4) is 0 Å². The molecule has 0 fully saturated rings. The molecule has 7 heteroatoms. The van der Waals surface area contributed by atoms with E-state index in [4.69, 9.17) is 0 Å². The molecule has 1 aromatic carbocycles. The van der Waals surface area contributed by atoms with Gasteiger partial charge in [0.2, 0.25) is 0 Å². The van der Waals surface area contributed by atoms with E-state index in [9.17, 15) is 20.1 Å². The van der Waals surface area contributed by atoms with Crippen molar-refractivity contribution in [3.63, 3.8) is 0 Å². The fourth-order valence-electron chi connectivity index (χ4n) is 2.95. The summed E-state index contributed by atoms with van der Waals surface area (Å²) in [5, 5.41) is 29.0. The molecule has 0 atom stereocenters. The van der Waals surface area contributed by atoms with Gasteiger partial charge in [-0.25, -0.2) is 4.98 Å². The lowest BCUT2D eigenvalue weighted by atomic mass is 9.95. The maximum Gasteiger partial charge on any atom is 0.255 e. The van der Waals surface area contributed by atoms with Crippen LogP contribution in [0.25, 0.3) is 0 Å². The third kappa shape index (κ3) is 3.46. The first-order valence-electron chi connectivity index (χ1n) is 8.24. The van der Waals surface area contributed by atoms with Crippen molar-refractivity contribution in [1.82, 2.24) is 14.9 Å². The Labute approximate surface area is 145 Å². The van der Waals surface area contributed by atoms with Gasteiger partial charge < -0.3 is 20.3 Å². The number of aromatic nitrogens is 2. The molecule has 0 saturated heterocycles. The zero-order valence-corrected chi connectivity index (χ0v) is 14.6. The predicted octanol–water partition coefficient (Wildman–Crippen LogP) is 1.74. The van der Waals surface area contributed by atoms with E-state index in [1.165, 1.54) is 6.07 Å². The number of aromatic amines is 1. The minimum absolute atomic E-state index is 0.0868. The van der Waals surface area contributed by atoms with Crippen LogP contribution in [0.5, 0.6) is 17.2 Å². The molecule has 2 aromatic rings. The summed E-state index contributed by atoms with van der Waals surface area (Å²) in [4.78, 5) is 21.9. The van der Waals surface area contributed by atoms with Gasteiger partial charge in [0.25, 0.3) is 5.56 Å². The van der Waals surface area contributed by atoms with Crippen LogP contribution in [0.15, 0.2) is 16.9 Å². The van der Waals surface area contributed by atoms with Crippen molar-refractivity contribution in [3.8, 4) is 17.2 Å².